The molecule has 0 aromatic rings. The third-order valence-corrected chi connectivity index (χ3v) is 2.93. The van der Waals surface area contributed by atoms with Gasteiger partial charge in [0.1, 0.15) is 6.61 Å². The number of carbonyl (C=O) groups excluding carboxylic acids is 1. The topological polar surface area (TPSA) is 48.1 Å². The molecule has 0 spiro atoms. The van der Waals surface area contributed by atoms with Gasteiger partial charge in [0.05, 0.1) is 0 Å². The van der Waals surface area contributed by atoms with Gasteiger partial charge in [0.15, 0.2) is 12.4 Å². The largest absolute Gasteiger partial charge is 0.353 e. The summed E-state index contributed by atoms with van der Waals surface area (Å²) in [5, 5.41) is 0. The molecule has 62 valence electrons. The molecule has 2 fully saturated rings. The highest BCUT2D eigenvalue weighted by molar-refractivity contribution is 9.10. The zero-order valence-corrected chi connectivity index (χ0v) is 7.46. The van der Waals surface area contributed by atoms with Crippen LogP contribution in [0.2, 0.25) is 0 Å². The van der Waals surface area contributed by atoms with E-state index in [2.05, 4.69) is 15.9 Å². The van der Waals surface area contributed by atoms with Gasteiger partial charge in [-0.2, -0.15) is 0 Å². The highest BCUT2D eigenvalue weighted by Gasteiger charge is 2.67. The fourth-order valence-corrected chi connectivity index (χ4v) is 1.67. The van der Waals surface area contributed by atoms with Crippen LogP contribution >= 0.6 is 15.9 Å². The summed E-state index contributed by atoms with van der Waals surface area (Å²) >= 11 is 3.18. The molecule has 2 saturated heterocycles. The maximum Gasteiger partial charge on any atom is 0.215 e. The molecule has 2 aliphatic heterocycles. The Morgan fingerprint density at radius 2 is 2.55 bits per heavy atom. The third-order valence-electron chi connectivity index (χ3n) is 1.85. The zero-order chi connectivity index (χ0) is 8.06. The first-order valence-electron chi connectivity index (χ1n) is 3.23. The Morgan fingerprint density at radius 3 is 3.18 bits per heavy atom. The van der Waals surface area contributed by atoms with Crippen LogP contribution in [-0.4, -0.2) is 36.4 Å². The van der Waals surface area contributed by atoms with E-state index in [1.807, 2.05) is 0 Å². The predicted octanol–water partition coefficient (Wildman–Crippen LogP) is 0.0482. The molecule has 2 heterocycles. The number of fused-ring (bicyclic) bond motifs is 1. The molecule has 3 atom stereocenters. The van der Waals surface area contributed by atoms with Gasteiger partial charge in [-0.25, -0.2) is 0 Å². The molecule has 11 heavy (non-hydrogen) atoms. The standard InChI is InChI=1S/C6H7BrO4/c1-9-5-4-6(7,11-4)3(8)2-10-5/h4-5H,2H2,1H3. The Labute approximate surface area is 71.9 Å². The average molecular weight is 223 g/mol. The van der Waals surface area contributed by atoms with Crippen molar-refractivity contribution in [3.63, 3.8) is 0 Å². The number of carbonyl (C=O) groups is 1. The van der Waals surface area contributed by atoms with E-state index in [1.54, 1.807) is 0 Å². The molecule has 0 aromatic heterocycles. The first-order chi connectivity index (χ1) is 5.18. The van der Waals surface area contributed by atoms with Crippen LogP contribution in [0.4, 0.5) is 0 Å². The summed E-state index contributed by atoms with van der Waals surface area (Å²) in [5.74, 6) is -0.0733. The van der Waals surface area contributed by atoms with Crippen molar-refractivity contribution in [3.8, 4) is 0 Å². The van der Waals surface area contributed by atoms with Crippen molar-refractivity contribution in [3.05, 3.63) is 0 Å². The summed E-state index contributed by atoms with van der Waals surface area (Å²) in [6.07, 6.45) is -0.680. The van der Waals surface area contributed by atoms with Crippen molar-refractivity contribution < 1.29 is 19.0 Å². The van der Waals surface area contributed by atoms with Crippen molar-refractivity contribution in [2.24, 2.45) is 0 Å². The van der Waals surface area contributed by atoms with E-state index in [0.717, 1.165) is 0 Å². The molecule has 0 aliphatic carbocycles. The fourth-order valence-electron chi connectivity index (χ4n) is 1.14. The minimum atomic E-state index is -0.800. The van der Waals surface area contributed by atoms with Crippen molar-refractivity contribution in [1.29, 1.82) is 0 Å². The van der Waals surface area contributed by atoms with Crippen molar-refractivity contribution in [2.75, 3.05) is 13.7 Å². The highest BCUT2D eigenvalue weighted by atomic mass is 79.9. The van der Waals surface area contributed by atoms with Crippen LogP contribution in [0.1, 0.15) is 0 Å². The highest BCUT2D eigenvalue weighted by Crippen LogP contribution is 2.48. The van der Waals surface area contributed by atoms with Gasteiger partial charge in [0.2, 0.25) is 10.3 Å². The molecule has 0 saturated carbocycles. The summed E-state index contributed by atoms with van der Waals surface area (Å²) in [6.45, 7) is 0.0558. The Morgan fingerprint density at radius 1 is 1.82 bits per heavy atom. The minimum Gasteiger partial charge on any atom is -0.353 e. The fraction of sp³-hybridized carbons (Fsp3) is 0.833. The second kappa shape index (κ2) is 2.26. The third kappa shape index (κ3) is 0.955. The van der Waals surface area contributed by atoms with Gasteiger partial charge < -0.3 is 14.2 Å². The van der Waals surface area contributed by atoms with E-state index in [-0.39, 0.29) is 18.5 Å². The summed E-state index contributed by atoms with van der Waals surface area (Å²) < 4.78 is 14.3. The first-order valence-corrected chi connectivity index (χ1v) is 4.02. The number of alkyl halides is 1. The molecular formula is C6H7BrO4. The number of methoxy groups -OCH3 is 1. The summed E-state index contributed by atoms with van der Waals surface area (Å²) in [5.41, 5.74) is 0. The van der Waals surface area contributed by atoms with Crippen LogP contribution in [0.15, 0.2) is 0 Å². The molecule has 5 heteroatoms. The van der Waals surface area contributed by atoms with Crippen LogP contribution in [0.3, 0.4) is 0 Å². The van der Waals surface area contributed by atoms with Crippen molar-refractivity contribution in [1.82, 2.24) is 0 Å². The van der Waals surface area contributed by atoms with Crippen LogP contribution in [0.25, 0.3) is 0 Å². The van der Waals surface area contributed by atoms with Gasteiger partial charge >= 0.3 is 0 Å². The van der Waals surface area contributed by atoms with Gasteiger partial charge in [0, 0.05) is 7.11 Å². The van der Waals surface area contributed by atoms with Gasteiger partial charge in [-0.3, -0.25) is 4.79 Å². The lowest BCUT2D eigenvalue weighted by Gasteiger charge is -2.18. The van der Waals surface area contributed by atoms with Crippen LogP contribution in [0, 0.1) is 0 Å². The number of hydrogen-bond acceptors (Lipinski definition) is 4. The maximum atomic E-state index is 11.1. The molecule has 2 aliphatic rings. The second-order valence-corrected chi connectivity index (χ2v) is 3.70. The molecule has 0 bridgehead atoms. The number of ether oxygens (including phenoxy) is 3. The van der Waals surface area contributed by atoms with E-state index in [4.69, 9.17) is 14.2 Å². The first kappa shape index (κ1) is 7.67. The van der Waals surface area contributed by atoms with E-state index in [9.17, 15) is 4.79 Å². The lowest BCUT2D eigenvalue weighted by atomic mass is 10.2. The molecule has 3 unspecified atom stereocenters. The van der Waals surface area contributed by atoms with Gasteiger partial charge in [0.25, 0.3) is 0 Å². The minimum absolute atomic E-state index is 0.0558. The Kier molecular flexibility index (Phi) is 1.57. The average Bonchev–Trinajstić information content (AvgIpc) is 2.65. The molecule has 2 rings (SSSR count). The number of rotatable bonds is 1. The molecule has 0 N–H and O–H groups in total. The molecule has 0 radical (unpaired) electrons. The Hall–Kier alpha value is 0.0300. The SMILES string of the molecule is COC1OCC(=O)C2(Br)OC12. The zero-order valence-electron chi connectivity index (χ0n) is 5.87. The monoisotopic (exact) mass is 222 g/mol. The lowest BCUT2D eigenvalue weighted by molar-refractivity contribution is -0.158. The summed E-state index contributed by atoms with van der Waals surface area (Å²) in [6, 6.07) is 0. The normalized spacial score (nSPS) is 48.7. The van der Waals surface area contributed by atoms with Gasteiger partial charge in [-0.05, 0) is 15.9 Å². The predicted molar refractivity (Wildman–Crippen MR) is 38.3 cm³/mol. The number of halogens is 1. The summed E-state index contributed by atoms with van der Waals surface area (Å²) in [7, 11) is 1.52. The molecule has 0 amide bonds. The number of Topliss-reactive ketones (excluding diaryl/α,β-unsaturated/α-hetero) is 1. The van der Waals surface area contributed by atoms with Crippen LogP contribution < -0.4 is 0 Å². The van der Waals surface area contributed by atoms with Gasteiger partial charge in [-0.15, -0.1) is 0 Å². The number of hydrogen-bond donors (Lipinski definition) is 0. The Bertz CT molecular complexity index is 207. The molecule has 0 aromatic carbocycles. The van der Waals surface area contributed by atoms with Crippen molar-refractivity contribution >= 4 is 21.7 Å². The van der Waals surface area contributed by atoms with E-state index < -0.39 is 10.8 Å². The van der Waals surface area contributed by atoms with E-state index in [0.29, 0.717) is 0 Å². The quantitative estimate of drug-likeness (QED) is 0.465. The van der Waals surface area contributed by atoms with Gasteiger partial charge in [-0.1, -0.05) is 0 Å². The van der Waals surface area contributed by atoms with E-state index in [1.165, 1.54) is 7.11 Å². The Balaban J connectivity index is 2.12. The molecule has 4 nitrogen and oxygen atoms in total. The van der Waals surface area contributed by atoms with Crippen molar-refractivity contribution in [2.45, 2.75) is 16.9 Å². The number of ketones is 1. The number of epoxide rings is 1. The van der Waals surface area contributed by atoms with Crippen LogP contribution in [0.5, 0.6) is 0 Å². The van der Waals surface area contributed by atoms with E-state index >= 15 is 0 Å². The second-order valence-electron chi connectivity index (χ2n) is 2.52. The maximum absolute atomic E-state index is 11.1. The van der Waals surface area contributed by atoms with Crippen LogP contribution in [-0.2, 0) is 19.0 Å². The smallest absolute Gasteiger partial charge is 0.215 e. The summed E-state index contributed by atoms with van der Waals surface area (Å²) in [4.78, 5) is 11.1. The lowest BCUT2D eigenvalue weighted by Crippen LogP contribution is -2.39. The molecular weight excluding hydrogens is 216 g/mol.